The van der Waals surface area contributed by atoms with Crippen molar-refractivity contribution in [1.82, 2.24) is 4.98 Å². The van der Waals surface area contributed by atoms with E-state index in [4.69, 9.17) is 11.6 Å². The Hall–Kier alpha value is 0.170. The van der Waals surface area contributed by atoms with Gasteiger partial charge in [-0.05, 0) is 60.8 Å². The van der Waals surface area contributed by atoms with Gasteiger partial charge in [0.1, 0.15) is 0 Å². The molecule has 0 unspecified atom stereocenters. The zero-order chi connectivity index (χ0) is 9.42. The highest BCUT2D eigenvalue weighted by Gasteiger charge is 2.17. The lowest BCUT2D eigenvalue weighted by atomic mass is 9.96. The predicted octanol–water partition coefficient (Wildman–Crippen LogP) is 3.53. The summed E-state index contributed by atoms with van der Waals surface area (Å²) in [5.74, 6) is 0. The van der Waals surface area contributed by atoms with Crippen LogP contribution in [0, 0.1) is 10.5 Å². The second kappa shape index (κ2) is 3.73. The summed E-state index contributed by atoms with van der Waals surface area (Å²) in [6.45, 7) is 2.03. The molecule has 0 fully saturated rings. The molecule has 70 valence electrons. The maximum atomic E-state index is 6.27. The molecule has 0 bridgehead atoms. The summed E-state index contributed by atoms with van der Waals surface area (Å²) in [5, 5.41) is 0.947. The third kappa shape index (κ3) is 1.71. The van der Waals surface area contributed by atoms with Crippen molar-refractivity contribution in [3.8, 4) is 0 Å². The molecule has 1 heterocycles. The van der Waals surface area contributed by atoms with Crippen LogP contribution in [0.25, 0.3) is 0 Å². The Morgan fingerprint density at radius 3 is 2.77 bits per heavy atom. The van der Waals surface area contributed by atoms with Gasteiger partial charge in [-0.25, -0.2) is 0 Å². The van der Waals surface area contributed by atoms with E-state index in [0.29, 0.717) is 0 Å². The van der Waals surface area contributed by atoms with E-state index in [9.17, 15) is 0 Å². The van der Waals surface area contributed by atoms with Gasteiger partial charge in [0.2, 0.25) is 0 Å². The van der Waals surface area contributed by atoms with Crippen molar-refractivity contribution in [3.63, 3.8) is 0 Å². The molecule has 1 aliphatic rings. The molecule has 0 amide bonds. The Bertz CT molecular complexity index is 349. The molecule has 1 aromatic rings. The van der Waals surface area contributed by atoms with Gasteiger partial charge in [-0.1, -0.05) is 11.6 Å². The monoisotopic (exact) mass is 307 g/mol. The smallest absolute Gasteiger partial charge is 0.0607 e. The van der Waals surface area contributed by atoms with Crippen LogP contribution < -0.4 is 0 Å². The zero-order valence-electron chi connectivity index (χ0n) is 7.53. The van der Waals surface area contributed by atoms with Crippen LogP contribution in [-0.2, 0) is 12.8 Å². The normalized spacial score (nSPS) is 15.6. The van der Waals surface area contributed by atoms with E-state index in [-0.39, 0.29) is 0 Å². The number of pyridine rings is 1. The van der Waals surface area contributed by atoms with Crippen LogP contribution in [0.15, 0.2) is 0 Å². The van der Waals surface area contributed by atoms with Crippen LogP contribution in [0.3, 0.4) is 0 Å². The average Bonchev–Trinajstić information content (AvgIpc) is 2.15. The number of rotatable bonds is 0. The minimum Gasteiger partial charge on any atom is -0.257 e. The standard InChI is InChI=1S/C10H11ClIN/c1-6-10(12)9(11)7-4-2-3-5-8(7)13-6/h2-5H2,1H3. The molecule has 0 saturated carbocycles. The van der Waals surface area contributed by atoms with Crippen LogP contribution in [-0.4, -0.2) is 4.98 Å². The Balaban J connectivity index is 2.60. The van der Waals surface area contributed by atoms with Crippen molar-refractivity contribution in [2.45, 2.75) is 32.6 Å². The first kappa shape index (κ1) is 9.71. The number of hydrogen-bond acceptors (Lipinski definition) is 1. The van der Waals surface area contributed by atoms with Gasteiger partial charge < -0.3 is 0 Å². The molecule has 2 rings (SSSR count). The van der Waals surface area contributed by atoms with E-state index in [2.05, 4.69) is 27.6 Å². The molecular weight excluding hydrogens is 296 g/mol. The summed E-state index contributed by atoms with van der Waals surface area (Å²) in [6, 6.07) is 0. The number of aromatic nitrogens is 1. The molecular formula is C10H11ClIN. The third-order valence-corrected chi connectivity index (χ3v) is 4.57. The minimum absolute atomic E-state index is 0.947. The van der Waals surface area contributed by atoms with E-state index in [1.54, 1.807) is 0 Å². The van der Waals surface area contributed by atoms with Crippen molar-refractivity contribution >= 4 is 34.2 Å². The number of halogens is 2. The third-order valence-electron chi connectivity index (χ3n) is 2.52. The maximum Gasteiger partial charge on any atom is 0.0607 e. The predicted molar refractivity (Wildman–Crippen MR) is 63.3 cm³/mol. The van der Waals surface area contributed by atoms with E-state index in [0.717, 1.165) is 27.1 Å². The van der Waals surface area contributed by atoms with Gasteiger partial charge in [-0.3, -0.25) is 4.98 Å². The van der Waals surface area contributed by atoms with Crippen LogP contribution in [0.5, 0.6) is 0 Å². The van der Waals surface area contributed by atoms with E-state index < -0.39 is 0 Å². The van der Waals surface area contributed by atoms with E-state index in [1.807, 2.05) is 6.92 Å². The van der Waals surface area contributed by atoms with Gasteiger partial charge in [0.15, 0.2) is 0 Å². The summed E-state index contributed by atoms with van der Waals surface area (Å²) < 4.78 is 1.12. The van der Waals surface area contributed by atoms with Gasteiger partial charge in [0.05, 0.1) is 14.3 Å². The zero-order valence-corrected chi connectivity index (χ0v) is 10.4. The van der Waals surface area contributed by atoms with Gasteiger partial charge in [0, 0.05) is 5.69 Å². The molecule has 1 aromatic heterocycles. The molecule has 3 heteroatoms. The highest BCUT2D eigenvalue weighted by Crippen LogP contribution is 2.31. The highest BCUT2D eigenvalue weighted by molar-refractivity contribution is 14.1. The van der Waals surface area contributed by atoms with Crippen LogP contribution in [0.1, 0.15) is 29.8 Å². The fourth-order valence-electron chi connectivity index (χ4n) is 1.79. The Morgan fingerprint density at radius 2 is 2.00 bits per heavy atom. The molecule has 0 aromatic carbocycles. The van der Waals surface area contributed by atoms with Crippen molar-refractivity contribution < 1.29 is 0 Å². The number of fused-ring (bicyclic) bond motifs is 1. The highest BCUT2D eigenvalue weighted by atomic mass is 127. The fraction of sp³-hybridized carbons (Fsp3) is 0.500. The molecule has 1 aliphatic carbocycles. The second-order valence-corrected chi connectivity index (χ2v) is 4.91. The molecule has 13 heavy (non-hydrogen) atoms. The first-order valence-corrected chi connectivity index (χ1v) is 5.99. The number of aryl methyl sites for hydroxylation is 2. The quantitative estimate of drug-likeness (QED) is 0.668. The number of nitrogens with zero attached hydrogens (tertiary/aromatic N) is 1. The van der Waals surface area contributed by atoms with Gasteiger partial charge in [-0.15, -0.1) is 0 Å². The first-order chi connectivity index (χ1) is 6.20. The Morgan fingerprint density at radius 1 is 1.31 bits per heavy atom. The fourth-order valence-corrected chi connectivity index (χ4v) is 2.58. The molecule has 0 aliphatic heterocycles. The largest absolute Gasteiger partial charge is 0.257 e. The van der Waals surface area contributed by atoms with E-state index in [1.165, 1.54) is 24.1 Å². The van der Waals surface area contributed by atoms with Crippen molar-refractivity contribution in [2.75, 3.05) is 0 Å². The average molecular weight is 308 g/mol. The van der Waals surface area contributed by atoms with Crippen molar-refractivity contribution in [2.24, 2.45) is 0 Å². The van der Waals surface area contributed by atoms with Gasteiger partial charge in [-0.2, -0.15) is 0 Å². The molecule has 0 spiro atoms. The van der Waals surface area contributed by atoms with Crippen molar-refractivity contribution in [3.05, 3.63) is 25.5 Å². The second-order valence-electron chi connectivity index (χ2n) is 3.46. The Kier molecular flexibility index (Phi) is 2.79. The summed E-state index contributed by atoms with van der Waals surface area (Å²) >= 11 is 8.55. The molecule has 0 N–H and O–H groups in total. The van der Waals surface area contributed by atoms with Crippen molar-refractivity contribution in [1.29, 1.82) is 0 Å². The lowest BCUT2D eigenvalue weighted by Crippen LogP contribution is -2.08. The summed E-state index contributed by atoms with van der Waals surface area (Å²) in [4.78, 5) is 4.58. The van der Waals surface area contributed by atoms with Crippen LogP contribution in [0.2, 0.25) is 5.02 Å². The van der Waals surface area contributed by atoms with E-state index >= 15 is 0 Å². The molecule has 0 atom stereocenters. The lowest BCUT2D eigenvalue weighted by Gasteiger charge is -2.17. The molecule has 0 saturated heterocycles. The summed E-state index contributed by atoms with van der Waals surface area (Å²) in [5.41, 5.74) is 3.60. The maximum absolute atomic E-state index is 6.27. The summed E-state index contributed by atoms with van der Waals surface area (Å²) in [7, 11) is 0. The minimum atomic E-state index is 0.947. The van der Waals surface area contributed by atoms with Gasteiger partial charge >= 0.3 is 0 Å². The van der Waals surface area contributed by atoms with Crippen LogP contribution in [0.4, 0.5) is 0 Å². The number of hydrogen-bond donors (Lipinski definition) is 0. The van der Waals surface area contributed by atoms with Crippen LogP contribution >= 0.6 is 34.2 Å². The lowest BCUT2D eigenvalue weighted by molar-refractivity contribution is 0.664. The molecule has 0 radical (unpaired) electrons. The SMILES string of the molecule is Cc1nc2c(c(Cl)c1I)CCCC2. The summed E-state index contributed by atoms with van der Waals surface area (Å²) in [6.07, 6.45) is 4.73. The van der Waals surface area contributed by atoms with Gasteiger partial charge in [0.25, 0.3) is 0 Å². The Labute approximate surface area is 97.0 Å². The first-order valence-electron chi connectivity index (χ1n) is 4.53. The topological polar surface area (TPSA) is 12.9 Å². The molecule has 1 nitrogen and oxygen atoms in total.